The van der Waals surface area contributed by atoms with Gasteiger partial charge < -0.3 is 0 Å². The summed E-state index contributed by atoms with van der Waals surface area (Å²) in [6, 6.07) is 53.4. The second kappa shape index (κ2) is 8.30. The van der Waals surface area contributed by atoms with Gasteiger partial charge >= 0.3 is 0 Å². The first-order chi connectivity index (χ1) is 18.8. The third-order valence-corrected chi connectivity index (χ3v) is 8.00. The number of hydrogen-bond donors (Lipinski definition) is 0. The van der Waals surface area contributed by atoms with Crippen molar-refractivity contribution in [3.63, 3.8) is 0 Å². The number of hydrogen-bond acceptors (Lipinski definition) is 0. The largest absolute Gasteiger partial charge is 0.0616 e. The van der Waals surface area contributed by atoms with Gasteiger partial charge in [0.1, 0.15) is 0 Å². The molecule has 0 saturated carbocycles. The number of fused-ring (bicyclic) bond motifs is 7. The van der Waals surface area contributed by atoms with Crippen molar-refractivity contribution in [2.45, 2.75) is 0 Å². The molecule has 0 aromatic heterocycles. The van der Waals surface area contributed by atoms with Gasteiger partial charge in [-0.05, 0) is 100 Å². The molecule has 0 bridgehead atoms. The van der Waals surface area contributed by atoms with E-state index in [1.807, 2.05) is 0 Å². The van der Waals surface area contributed by atoms with Gasteiger partial charge in [0.2, 0.25) is 0 Å². The van der Waals surface area contributed by atoms with E-state index in [4.69, 9.17) is 0 Å². The first-order valence-electron chi connectivity index (χ1n) is 13.2. The summed E-state index contributed by atoms with van der Waals surface area (Å²) in [5.41, 5.74) is 5.02. The molecular formula is C38H24. The van der Waals surface area contributed by atoms with Crippen LogP contribution in [0.1, 0.15) is 0 Å². The van der Waals surface area contributed by atoms with Crippen molar-refractivity contribution >= 4 is 53.9 Å². The van der Waals surface area contributed by atoms with Crippen LogP contribution in [0.25, 0.3) is 76.1 Å². The highest BCUT2D eigenvalue weighted by Gasteiger charge is 2.10. The van der Waals surface area contributed by atoms with Gasteiger partial charge in [-0.15, -0.1) is 0 Å². The van der Waals surface area contributed by atoms with E-state index in [2.05, 4.69) is 146 Å². The molecular weight excluding hydrogens is 456 g/mol. The van der Waals surface area contributed by atoms with E-state index < -0.39 is 0 Å². The number of benzene rings is 8. The molecule has 0 heterocycles. The van der Waals surface area contributed by atoms with Crippen LogP contribution in [0.2, 0.25) is 0 Å². The SMILES string of the molecule is c1ccc2c(c1)ccc1ccc(-c3ccc4ccc(-c5cc6ccccc6c6ccccc56)cc4c3)cc12. The van der Waals surface area contributed by atoms with Gasteiger partial charge in [-0.25, -0.2) is 0 Å². The van der Waals surface area contributed by atoms with Crippen molar-refractivity contribution in [1.82, 2.24) is 0 Å². The van der Waals surface area contributed by atoms with Gasteiger partial charge in [0.15, 0.2) is 0 Å². The summed E-state index contributed by atoms with van der Waals surface area (Å²) in [4.78, 5) is 0. The quantitative estimate of drug-likeness (QED) is 0.216. The predicted molar refractivity (Wildman–Crippen MR) is 165 cm³/mol. The van der Waals surface area contributed by atoms with Crippen molar-refractivity contribution in [3.05, 3.63) is 146 Å². The molecule has 0 saturated heterocycles. The monoisotopic (exact) mass is 480 g/mol. The third kappa shape index (κ3) is 3.31. The zero-order valence-corrected chi connectivity index (χ0v) is 20.9. The van der Waals surface area contributed by atoms with Crippen LogP contribution in [0.3, 0.4) is 0 Å². The fourth-order valence-electron chi connectivity index (χ4n) is 6.07. The summed E-state index contributed by atoms with van der Waals surface area (Å²) >= 11 is 0. The van der Waals surface area contributed by atoms with Crippen molar-refractivity contribution in [2.75, 3.05) is 0 Å². The Morgan fingerprint density at radius 3 is 1.53 bits per heavy atom. The van der Waals surface area contributed by atoms with E-state index in [1.165, 1.54) is 76.1 Å². The zero-order valence-electron chi connectivity index (χ0n) is 20.9. The standard InChI is InChI=1S/C38H24/c1-3-9-33-26(7-1)15-16-27-17-19-29(23-37(27)33)28-18-13-25-14-20-31(22-32(25)21-28)38-24-30-8-2-4-10-34(30)35-11-5-6-12-36(35)38/h1-24H. The molecule has 0 aliphatic heterocycles. The molecule has 0 fully saturated rings. The van der Waals surface area contributed by atoms with Crippen LogP contribution in [0.15, 0.2) is 146 Å². The highest BCUT2D eigenvalue weighted by atomic mass is 14.1. The molecule has 38 heavy (non-hydrogen) atoms. The van der Waals surface area contributed by atoms with Gasteiger partial charge in [0, 0.05) is 0 Å². The summed E-state index contributed by atoms with van der Waals surface area (Å²) in [6.45, 7) is 0. The van der Waals surface area contributed by atoms with E-state index in [0.29, 0.717) is 0 Å². The lowest BCUT2D eigenvalue weighted by molar-refractivity contribution is 1.67. The maximum atomic E-state index is 2.35. The molecule has 8 aromatic carbocycles. The summed E-state index contributed by atoms with van der Waals surface area (Å²) in [5, 5.41) is 12.9. The van der Waals surface area contributed by atoms with Crippen LogP contribution in [-0.4, -0.2) is 0 Å². The first kappa shape index (κ1) is 21.2. The third-order valence-electron chi connectivity index (χ3n) is 8.00. The molecule has 8 aromatic rings. The second-order valence-electron chi connectivity index (χ2n) is 10.2. The van der Waals surface area contributed by atoms with Crippen molar-refractivity contribution in [3.8, 4) is 22.3 Å². The molecule has 0 amide bonds. The Morgan fingerprint density at radius 2 is 0.737 bits per heavy atom. The van der Waals surface area contributed by atoms with Gasteiger partial charge in [-0.1, -0.05) is 121 Å². The van der Waals surface area contributed by atoms with E-state index in [1.54, 1.807) is 0 Å². The lowest BCUT2D eigenvalue weighted by atomic mass is 9.91. The van der Waals surface area contributed by atoms with E-state index in [0.717, 1.165) is 0 Å². The first-order valence-corrected chi connectivity index (χ1v) is 13.2. The number of rotatable bonds is 2. The van der Waals surface area contributed by atoms with Gasteiger partial charge in [0.25, 0.3) is 0 Å². The average molecular weight is 481 g/mol. The normalized spacial score (nSPS) is 11.7. The fourth-order valence-corrected chi connectivity index (χ4v) is 6.07. The minimum absolute atomic E-state index is 1.24. The molecule has 0 N–H and O–H groups in total. The molecule has 0 spiro atoms. The molecule has 0 radical (unpaired) electrons. The van der Waals surface area contributed by atoms with Crippen molar-refractivity contribution < 1.29 is 0 Å². The van der Waals surface area contributed by atoms with E-state index in [9.17, 15) is 0 Å². The van der Waals surface area contributed by atoms with Crippen molar-refractivity contribution in [2.24, 2.45) is 0 Å². The lowest BCUT2D eigenvalue weighted by Gasteiger charge is -2.12. The minimum Gasteiger partial charge on any atom is -0.0616 e. The van der Waals surface area contributed by atoms with Crippen LogP contribution in [0.5, 0.6) is 0 Å². The molecule has 0 atom stereocenters. The van der Waals surface area contributed by atoms with Gasteiger partial charge in [-0.2, -0.15) is 0 Å². The Bertz CT molecular complexity index is 2180. The minimum atomic E-state index is 1.24. The molecule has 176 valence electrons. The van der Waals surface area contributed by atoms with Crippen LogP contribution in [-0.2, 0) is 0 Å². The molecule has 8 rings (SSSR count). The summed E-state index contributed by atoms with van der Waals surface area (Å²) in [7, 11) is 0. The van der Waals surface area contributed by atoms with Crippen LogP contribution in [0.4, 0.5) is 0 Å². The van der Waals surface area contributed by atoms with Gasteiger partial charge in [-0.3, -0.25) is 0 Å². The fraction of sp³-hybridized carbons (Fsp3) is 0. The lowest BCUT2D eigenvalue weighted by Crippen LogP contribution is -1.86. The average Bonchev–Trinajstić information content (AvgIpc) is 3.00. The highest BCUT2D eigenvalue weighted by Crippen LogP contribution is 2.37. The van der Waals surface area contributed by atoms with E-state index >= 15 is 0 Å². The predicted octanol–water partition coefficient (Wildman–Crippen LogP) is 10.8. The Morgan fingerprint density at radius 1 is 0.237 bits per heavy atom. The Balaban J connectivity index is 1.31. The molecule has 0 aliphatic rings. The van der Waals surface area contributed by atoms with Gasteiger partial charge in [0.05, 0.1) is 0 Å². The van der Waals surface area contributed by atoms with Crippen molar-refractivity contribution in [1.29, 1.82) is 0 Å². The Hall–Kier alpha value is -4.94. The van der Waals surface area contributed by atoms with Crippen LogP contribution in [0, 0.1) is 0 Å². The maximum Gasteiger partial charge on any atom is -0.00988 e. The van der Waals surface area contributed by atoms with Crippen LogP contribution < -0.4 is 0 Å². The summed E-state index contributed by atoms with van der Waals surface area (Å²) in [6.07, 6.45) is 0. The smallest absolute Gasteiger partial charge is 0.00988 e. The Kier molecular flexibility index (Phi) is 4.62. The topological polar surface area (TPSA) is 0 Å². The summed E-state index contributed by atoms with van der Waals surface area (Å²) < 4.78 is 0. The maximum absolute atomic E-state index is 2.35. The molecule has 0 unspecified atom stereocenters. The molecule has 0 nitrogen and oxygen atoms in total. The highest BCUT2D eigenvalue weighted by molar-refractivity contribution is 6.14. The van der Waals surface area contributed by atoms with E-state index in [-0.39, 0.29) is 0 Å². The Labute approximate surface area is 221 Å². The molecule has 0 aliphatic carbocycles. The molecule has 0 heteroatoms. The zero-order chi connectivity index (χ0) is 25.1. The van der Waals surface area contributed by atoms with Crippen LogP contribution >= 0.6 is 0 Å². The second-order valence-corrected chi connectivity index (χ2v) is 10.2. The summed E-state index contributed by atoms with van der Waals surface area (Å²) in [5.74, 6) is 0.